The molecule has 0 saturated carbocycles. The SMILES string of the molecule is CCNS(=O)(=O)CCNS(=O)(=O)c1ccc(N)cc1Cl. The Balaban J connectivity index is 2.76. The quantitative estimate of drug-likeness (QED) is 0.609. The summed E-state index contributed by atoms with van der Waals surface area (Å²) in [5.41, 5.74) is 5.81. The zero-order chi connectivity index (χ0) is 15.4. The van der Waals surface area contributed by atoms with Gasteiger partial charge in [0.05, 0.1) is 10.8 Å². The molecule has 0 bridgehead atoms. The third-order valence-corrected chi connectivity index (χ3v) is 5.69. The number of hydrogen-bond donors (Lipinski definition) is 3. The normalized spacial score (nSPS) is 12.5. The van der Waals surface area contributed by atoms with E-state index in [1.165, 1.54) is 18.2 Å². The van der Waals surface area contributed by atoms with Crippen molar-refractivity contribution in [2.24, 2.45) is 0 Å². The number of hydrogen-bond acceptors (Lipinski definition) is 5. The third-order valence-electron chi connectivity index (χ3n) is 2.27. The fraction of sp³-hybridized carbons (Fsp3) is 0.400. The molecule has 0 aliphatic carbocycles. The van der Waals surface area contributed by atoms with Crippen molar-refractivity contribution >= 4 is 37.3 Å². The van der Waals surface area contributed by atoms with Crippen molar-refractivity contribution in [1.82, 2.24) is 9.44 Å². The Bertz CT molecular complexity index is 674. The summed E-state index contributed by atoms with van der Waals surface area (Å²) in [6.07, 6.45) is 0. The summed E-state index contributed by atoms with van der Waals surface area (Å²) in [7, 11) is -7.36. The average molecular weight is 342 g/mol. The van der Waals surface area contributed by atoms with Crippen LogP contribution in [0.3, 0.4) is 0 Å². The molecule has 4 N–H and O–H groups in total. The van der Waals surface area contributed by atoms with E-state index in [1.807, 2.05) is 0 Å². The Labute approximate surface area is 123 Å². The first kappa shape index (κ1) is 17.2. The summed E-state index contributed by atoms with van der Waals surface area (Å²) >= 11 is 5.80. The van der Waals surface area contributed by atoms with E-state index in [0.717, 1.165) is 0 Å². The van der Waals surface area contributed by atoms with Gasteiger partial charge in [0.1, 0.15) is 4.90 Å². The lowest BCUT2D eigenvalue weighted by atomic mass is 10.3. The maximum Gasteiger partial charge on any atom is 0.242 e. The van der Waals surface area contributed by atoms with E-state index in [0.29, 0.717) is 5.69 Å². The minimum Gasteiger partial charge on any atom is -0.399 e. The zero-order valence-corrected chi connectivity index (χ0v) is 13.1. The highest BCUT2D eigenvalue weighted by Crippen LogP contribution is 2.23. The Hall–Kier alpha value is -0.870. The maximum atomic E-state index is 12.0. The molecule has 1 aromatic rings. The fourth-order valence-corrected chi connectivity index (χ4v) is 4.08. The van der Waals surface area contributed by atoms with Crippen LogP contribution < -0.4 is 15.2 Å². The second kappa shape index (κ2) is 6.72. The molecule has 1 rings (SSSR count). The Morgan fingerprint density at radius 2 is 1.85 bits per heavy atom. The molecule has 10 heteroatoms. The van der Waals surface area contributed by atoms with Crippen LogP contribution in [-0.4, -0.2) is 35.7 Å². The van der Waals surface area contributed by atoms with Gasteiger partial charge in [0.2, 0.25) is 20.0 Å². The number of benzene rings is 1. The van der Waals surface area contributed by atoms with E-state index in [9.17, 15) is 16.8 Å². The van der Waals surface area contributed by atoms with Crippen molar-refractivity contribution in [3.8, 4) is 0 Å². The van der Waals surface area contributed by atoms with Crippen LogP contribution in [0, 0.1) is 0 Å². The Kier molecular flexibility index (Phi) is 5.78. The second-order valence-corrected chi connectivity index (χ2v) is 7.97. The highest BCUT2D eigenvalue weighted by Gasteiger charge is 2.19. The van der Waals surface area contributed by atoms with Crippen molar-refractivity contribution in [3.05, 3.63) is 23.2 Å². The van der Waals surface area contributed by atoms with E-state index in [-0.39, 0.29) is 28.8 Å². The first-order chi connectivity index (χ1) is 9.18. The molecule has 0 aliphatic rings. The van der Waals surface area contributed by atoms with E-state index < -0.39 is 20.0 Å². The van der Waals surface area contributed by atoms with Crippen LogP contribution in [0.25, 0.3) is 0 Å². The predicted octanol–water partition coefficient (Wildman–Crippen LogP) is 0.140. The van der Waals surface area contributed by atoms with Crippen LogP contribution in [0.5, 0.6) is 0 Å². The molecule has 0 radical (unpaired) electrons. The van der Waals surface area contributed by atoms with Crippen LogP contribution in [0.4, 0.5) is 5.69 Å². The van der Waals surface area contributed by atoms with Gasteiger partial charge in [-0.05, 0) is 18.2 Å². The highest BCUT2D eigenvalue weighted by molar-refractivity contribution is 7.90. The van der Waals surface area contributed by atoms with Gasteiger partial charge in [-0.15, -0.1) is 0 Å². The van der Waals surface area contributed by atoms with Gasteiger partial charge in [0.15, 0.2) is 0 Å². The lowest BCUT2D eigenvalue weighted by Crippen LogP contribution is -2.34. The van der Waals surface area contributed by atoms with E-state index >= 15 is 0 Å². The summed E-state index contributed by atoms with van der Waals surface area (Å²) in [5.74, 6) is -0.355. The zero-order valence-electron chi connectivity index (χ0n) is 10.8. The third kappa shape index (κ3) is 4.91. The van der Waals surface area contributed by atoms with Crippen LogP contribution in [0.1, 0.15) is 6.92 Å². The van der Waals surface area contributed by atoms with E-state index in [1.54, 1.807) is 6.92 Å². The number of rotatable bonds is 7. The summed E-state index contributed by atoms with van der Waals surface area (Å²) in [6, 6.07) is 3.97. The summed E-state index contributed by atoms with van der Waals surface area (Å²) in [6.45, 7) is 1.63. The van der Waals surface area contributed by atoms with Gasteiger partial charge < -0.3 is 5.73 Å². The number of sulfonamides is 2. The van der Waals surface area contributed by atoms with Crippen LogP contribution in [-0.2, 0) is 20.0 Å². The van der Waals surface area contributed by atoms with Crippen molar-refractivity contribution in [1.29, 1.82) is 0 Å². The molecule has 0 spiro atoms. The number of nitrogens with two attached hydrogens (primary N) is 1. The first-order valence-electron chi connectivity index (χ1n) is 5.70. The van der Waals surface area contributed by atoms with Crippen molar-refractivity contribution in [2.45, 2.75) is 11.8 Å². The van der Waals surface area contributed by atoms with Gasteiger partial charge in [0, 0.05) is 18.8 Å². The van der Waals surface area contributed by atoms with Crippen molar-refractivity contribution in [2.75, 3.05) is 24.6 Å². The van der Waals surface area contributed by atoms with Crippen LogP contribution in [0.15, 0.2) is 23.1 Å². The first-order valence-corrected chi connectivity index (χ1v) is 9.21. The van der Waals surface area contributed by atoms with E-state index in [2.05, 4.69) is 9.44 Å². The molecule has 1 aromatic carbocycles. The molecule has 20 heavy (non-hydrogen) atoms. The average Bonchev–Trinajstić information content (AvgIpc) is 2.27. The smallest absolute Gasteiger partial charge is 0.242 e. The standard InChI is InChI=1S/C10H16ClN3O4S2/c1-2-13-19(15,16)6-5-14-20(17,18)10-4-3-8(12)7-9(10)11/h3-4,7,13-14H,2,5-6,12H2,1H3. The van der Waals surface area contributed by atoms with Gasteiger partial charge in [0.25, 0.3) is 0 Å². The minimum atomic E-state index is -3.87. The molecule has 7 nitrogen and oxygen atoms in total. The largest absolute Gasteiger partial charge is 0.399 e. The summed E-state index contributed by atoms with van der Waals surface area (Å²) in [4.78, 5) is -0.144. The Morgan fingerprint density at radius 3 is 2.40 bits per heavy atom. The number of halogens is 1. The van der Waals surface area contributed by atoms with Gasteiger partial charge in [-0.3, -0.25) is 0 Å². The van der Waals surface area contributed by atoms with Crippen molar-refractivity contribution < 1.29 is 16.8 Å². The van der Waals surface area contributed by atoms with Gasteiger partial charge in [-0.2, -0.15) is 0 Å². The van der Waals surface area contributed by atoms with Crippen LogP contribution in [0.2, 0.25) is 5.02 Å². The molecule has 114 valence electrons. The maximum absolute atomic E-state index is 12.0. The molecule has 0 unspecified atom stereocenters. The molecule has 0 amide bonds. The number of anilines is 1. The fourth-order valence-electron chi connectivity index (χ4n) is 1.42. The number of nitrogens with one attached hydrogen (secondary N) is 2. The molecular formula is C10H16ClN3O4S2. The molecule has 0 saturated heterocycles. The molecule has 0 atom stereocenters. The molecule has 0 heterocycles. The van der Waals surface area contributed by atoms with Crippen molar-refractivity contribution in [3.63, 3.8) is 0 Å². The molecular weight excluding hydrogens is 326 g/mol. The summed E-state index contributed by atoms with van der Waals surface area (Å²) < 4.78 is 51.1. The second-order valence-electron chi connectivity index (χ2n) is 3.90. The van der Waals surface area contributed by atoms with Crippen LogP contribution >= 0.6 is 11.6 Å². The molecule has 0 aromatic heterocycles. The highest BCUT2D eigenvalue weighted by atomic mass is 35.5. The number of nitrogen functional groups attached to an aromatic ring is 1. The van der Waals surface area contributed by atoms with Gasteiger partial charge >= 0.3 is 0 Å². The lowest BCUT2D eigenvalue weighted by Gasteiger charge is -2.09. The topological polar surface area (TPSA) is 118 Å². The Morgan fingerprint density at radius 1 is 1.20 bits per heavy atom. The molecule has 0 aliphatic heterocycles. The lowest BCUT2D eigenvalue weighted by molar-refractivity contribution is 0.576. The monoisotopic (exact) mass is 341 g/mol. The van der Waals surface area contributed by atoms with Gasteiger partial charge in [-0.25, -0.2) is 26.3 Å². The van der Waals surface area contributed by atoms with Gasteiger partial charge in [-0.1, -0.05) is 18.5 Å². The summed E-state index contributed by atoms with van der Waals surface area (Å²) in [5, 5.41) is -0.0213. The van der Waals surface area contributed by atoms with E-state index in [4.69, 9.17) is 17.3 Å². The molecule has 0 fully saturated rings. The predicted molar refractivity (Wildman–Crippen MR) is 78.5 cm³/mol. The minimum absolute atomic E-state index is 0.0213.